The number of benzene rings is 1. The van der Waals surface area contributed by atoms with Crippen LogP contribution in [0.3, 0.4) is 0 Å². The number of hydrogen-bond acceptors (Lipinski definition) is 7. The highest BCUT2D eigenvalue weighted by Crippen LogP contribution is 2.37. The van der Waals surface area contributed by atoms with Crippen LogP contribution >= 0.6 is 11.3 Å². The van der Waals surface area contributed by atoms with Crippen LogP contribution in [-0.2, 0) is 10.0 Å². The van der Waals surface area contributed by atoms with E-state index >= 15 is 0 Å². The second kappa shape index (κ2) is 9.64. The van der Waals surface area contributed by atoms with Crippen LogP contribution in [0.4, 0.5) is 15.2 Å². The molecule has 0 bridgehead atoms. The number of pyridine rings is 1. The zero-order valence-electron chi connectivity index (χ0n) is 18.8. The van der Waals surface area contributed by atoms with Gasteiger partial charge in [-0.25, -0.2) is 18.4 Å². The summed E-state index contributed by atoms with van der Waals surface area (Å²) in [6, 6.07) is 6.65. The standard InChI is InChI=1S/C23H27FN4O3S2/c1-14-11-21(24)25-13-18(14)28-33(29,30)20-12-16(9-10-19(20)31-3)22-15(2)26-23(32-22)27-17-7-5-4-6-8-17/h9-13,17,28H,4-8H2,1-3H3,(H,26,27). The Morgan fingerprint density at radius 1 is 1.15 bits per heavy atom. The fourth-order valence-corrected chi connectivity index (χ4v) is 6.35. The molecular formula is C23H27FN4O3S2. The number of sulfonamides is 1. The number of ether oxygens (including phenoxy) is 1. The summed E-state index contributed by atoms with van der Waals surface area (Å²) >= 11 is 1.52. The highest BCUT2D eigenvalue weighted by Gasteiger charge is 2.23. The number of thiazole rings is 1. The molecule has 2 heterocycles. The number of aryl methyl sites for hydroxylation is 2. The molecule has 0 unspecified atom stereocenters. The fraction of sp³-hybridized carbons (Fsp3) is 0.391. The van der Waals surface area contributed by atoms with Crippen LogP contribution in [0.5, 0.6) is 5.75 Å². The summed E-state index contributed by atoms with van der Waals surface area (Å²) < 4.78 is 47.6. The van der Waals surface area contributed by atoms with Crippen LogP contribution < -0.4 is 14.8 Å². The van der Waals surface area contributed by atoms with Crippen molar-refractivity contribution in [3.63, 3.8) is 0 Å². The Hall–Kier alpha value is -2.72. The predicted molar refractivity (Wildman–Crippen MR) is 129 cm³/mol. The van der Waals surface area contributed by atoms with Gasteiger partial charge in [-0.15, -0.1) is 0 Å². The van der Waals surface area contributed by atoms with E-state index in [1.54, 1.807) is 19.1 Å². The average Bonchev–Trinajstić information content (AvgIpc) is 3.15. The largest absolute Gasteiger partial charge is 0.495 e. The topological polar surface area (TPSA) is 93.2 Å². The van der Waals surface area contributed by atoms with E-state index in [0.717, 1.165) is 40.3 Å². The molecular weight excluding hydrogens is 463 g/mol. The fourth-order valence-electron chi connectivity index (χ4n) is 4.00. The molecule has 1 saturated carbocycles. The lowest BCUT2D eigenvalue weighted by Gasteiger charge is -2.22. The van der Waals surface area contributed by atoms with E-state index in [-0.39, 0.29) is 16.3 Å². The Labute approximate surface area is 197 Å². The minimum atomic E-state index is -4.02. The van der Waals surface area contributed by atoms with Crippen LogP contribution in [0.2, 0.25) is 0 Å². The molecule has 0 saturated heterocycles. The molecule has 2 aromatic heterocycles. The quantitative estimate of drug-likeness (QED) is 0.424. The second-order valence-electron chi connectivity index (χ2n) is 8.21. The lowest BCUT2D eigenvalue weighted by molar-refractivity contribution is 0.403. The molecule has 176 valence electrons. The van der Waals surface area contributed by atoms with Gasteiger partial charge < -0.3 is 10.1 Å². The Kier molecular flexibility index (Phi) is 6.85. The van der Waals surface area contributed by atoms with E-state index in [0.29, 0.717) is 11.6 Å². The summed E-state index contributed by atoms with van der Waals surface area (Å²) in [5.74, 6) is -0.463. The maximum atomic E-state index is 13.3. The van der Waals surface area contributed by atoms with Gasteiger partial charge in [-0.05, 0) is 62.1 Å². The first-order valence-corrected chi connectivity index (χ1v) is 13.1. The van der Waals surface area contributed by atoms with Gasteiger partial charge in [0.1, 0.15) is 10.6 Å². The highest BCUT2D eigenvalue weighted by molar-refractivity contribution is 7.92. The van der Waals surface area contributed by atoms with E-state index in [1.807, 2.05) is 13.0 Å². The Morgan fingerprint density at radius 2 is 1.91 bits per heavy atom. The Morgan fingerprint density at radius 3 is 2.61 bits per heavy atom. The van der Waals surface area contributed by atoms with Crippen molar-refractivity contribution in [3.05, 3.63) is 47.7 Å². The van der Waals surface area contributed by atoms with Gasteiger partial charge in [0.05, 0.1) is 29.6 Å². The van der Waals surface area contributed by atoms with E-state index in [4.69, 9.17) is 4.74 Å². The SMILES string of the molecule is COc1ccc(-c2sc(NC3CCCCC3)nc2C)cc1S(=O)(=O)Nc1cnc(F)cc1C. The lowest BCUT2D eigenvalue weighted by Crippen LogP contribution is -2.21. The van der Waals surface area contributed by atoms with Crippen molar-refractivity contribution in [1.29, 1.82) is 0 Å². The molecule has 0 amide bonds. The minimum Gasteiger partial charge on any atom is -0.495 e. The van der Waals surface area contributed by atoms with Crippen molar-refractivity contribution in [2.24, 2.45) is 0 Å². The monoisotopic (exact) mass is 490 g/mol. The maximum absolute atomic E-state index is 13.3. The average molecular weight is 491 g/mol. The van der Waals surface area contributed by atoms with Crippen LogP contribution in [0.1, 0.15) is 43.4 Å². The summed E-state index contributed by atoms with van der Waals surface area (Å²) in [6.07, 6.45) is 7.18. The summed E-state index contributed by atoms with van der Waals surface area (Å²) in [5.41, 5.74) is 2.20. The zero-order valence-corrected chi connectivity index (χ0v) is 20.4. The van der Waals surface area contributed by atoms with Gasteiger partial charge in [-0.3, -0.25) is 4.72 Å². The summed E-state index contributed by atoms with van der Waals surface area (Å²) in [4.78, 5) is 9.10. The van der Waals surface area contributed by atoms with Crippen molar-refractivity contribution >= 4 is 32.2 Å². The molecule has 33 heavy (non-hydrogen) atoms. The zero-order chi connectivity index (χ0) is 23.6. The van der Waals surface area contributed by atoms with Gasteiger partial charge in [0.15, 0.2) is 5.13 Å². The van der Waals surface area contributed by atoms with Crippen molar-refractivity contribution in [3.8, 4) is 16.2 Å². The van der Waals surface area contributed by atoms with Crippen LogP contribution in [-0.4, -0.2) is 31.5 Å². The molecule has 0 aliphatic heterocycles. The van der Waals surface area contributed by atoms with Gasteiger partial charge in [-0.1, -0.05) is 30.6 Å². The molecule has 1 aliphatic rings. The first-order chi connectivity index (χ1) is 15.8. The van der Waals surface area contributed by atoms with E-state index in [9.17, 15) is 12.8 Å². The lowest BCUT2D eigenvalue weighted by atomic mass is 9.96. The summed E-state index contributed by atoms with van der Waals surface area (Å²) in [5, 5.41) is 4.39. The van der Waals surface area contributed by atoms with Crippen molar-refractivity contribution in [1.82, 2.24) is 9.97 Å². The number of anilines is 2. The first-order valence-electron chi connectivity index (χ1n) is 10.8. The molecule has 3 aromatic rings. The number of rotatable bonds is 7. The van der Waals surface area contributed by atoms with Crippen molar-refractivity contribution in [2.75, 3.05) is 17.1 Å². The Bertz CT molecular complexity index is 1250. The van der Waals surface area contributed by atoms with Gasteiger partial charge in [0, 0.05) is 6.04 Å². The van der Waals surface area contributed by atoms with Crippen LogP contribution in [0.15, 0.2) is 35.4 Å². The number of halogens is 1. The van der Waals surface area contributed by atoms with E-state index in [1.165, 1.54) is 43.8 Å². The smallest absolute Gasteiger partial charge is 0.265 e. The predicted octanol–water partition coefficient (Wildman–Crippen LogP) is 5.52. The normalized spacial score (nSPS) is 14.8. The van der Waals surface area contributed by atoms with Crippen molar-refractivity contribution < 1.29 is 17.5 Å². The summed E-state index contributed by atoms with van der Waals surface area (Å²) in [6.45, 7) is 3.53. The molecule has 1 aliphatic carbocycles. The number of nitrogens with zero attached hydrogens (tertiary/aromatic N) is 2. The van der Waals surface area contributed by atoms with E-state index < -0.39 is 16.0 Å². The minimum absolute atomic E-state index is 0.0131. The molecule has 0 atom stereocenters. The number of aromatic nitrogens is 2. The van der Waals surface area contributed by atoms with Gasteiger partial charge >= 0.3 is 0 Å². The molecule has 4 rings (SSSR count). The Balaban J connectivity index is 1.65. The van der Waals surface area contributed by atoms with Crippen LogP contribution in [0, 0.1) is 19.8 Å². The van der Waals surface area contributed by atoms with Gasteiger partial charge in [0.2, 0.25) is 5.95 Å². The van der Waals surface area contributed by atoms with Crippen molar-refractivity contribution in [2.45, 2.75) is 56.9 Å². The third-order valence-electron chi connectivity index (χ3n) is 5.77. The van der Waals surface area contributed by atoms with E-state index in [2.05, 4.69) is 20.0 Å². The molecule has 10 heteroatoms. The molecule has 1 aromatic carbocycles. The van der Waals surface area contributed by atoms with Gasteiger partial charge in [0.25, 0.3) is 10.0 Å². The second-order valence-corrected chi connectivity index (χ2v) is 10.9. The third-order valence-corrected chi connectivity index (χ3v) is 8.29. The molecule has 0 radical (unpaired) electrons. The molecule has 1 fully saturated rings. The number of methoxy groups -OCH3 is 1. The number of hydrogen-bond donors (Lipinski definition) is 2. The third kappa shape index (κ3) is 5.27. The van der Waals surface area contributed by atoms with Crippen LogP contribution in [0.25, 0.3) is 10.4 Å². The molecule has 2 N–H and O–H groups in total. The number of nitrogens with one attached hydrogen (secondary N) is 2. The summed E-state index contributed by atoms with van der Waals surface area (Å²) in [7, 11) is -2.60. The highest BCUT2D eigenvalue weighted by atomic mass is 32.2. The maximum Gasteiger partial charge on any atom is 0.265 e. The first kappa shape index (κ1) is 23.4. The van der Waals surface area contributed by atoms with Gasteiger partial charge in [-0.2, -0.15) is 4.39 Å². The molecule has 7 nitrogen and oxygen atoms in total. The molecule has 0 spiro atoms.